The lowest BCUT2D eigenvalue weighted by Crippen LogP contribution is -2.59. The molecule has 0 unspecified atom stereocenters. The van der Waals surface area contributed by atoms with Crippen molar-refractivity contribution in [2.75, 3.05) is 46.8 Å². The Morgan fingerprint density at radius 3 is 1.22 bits per heavy atom. The number of carbonyl (C=O) groups excluding carboxylic acids is 4. The first-order valence-electron chi connectivity index (χ1n) is 25.8. The van der Waals surface area contributed by atoms with E-state index in [1.54, 1.807) is 29.0 Å². The number of hydrogen-bond donors (Lipinski definition) is 0. The van der Waals surface area contributed by atoms with Gasteiger partial charge in [-0.15, -0.1) is 10.2 Å². The van der Waals surface area contributed by atoms with Crippen molar-refractivity contribution in [2.24, 2.45) is 0 Å². The second-order valence-electron chi connectivity index (χ2n) is 20.9. The first kappa shape index (κ1) is 47.0. The Morgan fingerprint density at radius 1 is 0.500 bits per heavy atom. The summed E-state index contributed by atoms with van der Waals surface area (Å²) < 4.78 is 3.48. The predicted molar refractivity (Wildman–Crippen MR) is 279 cm³/mol. The molecule has 5 heterocycles. The lowest BCUT2D eigenvalue weighted by atomic mass is 10.0. The van der Waals surface area contributed by atoms with Crippen LogP contribution in [0.3, 0.4) is 0 Å². The van der Waals surface area contributed by atoms with Gasteiger partial charge in [0.1, 0.15) is 12.1 Å². The van der Waals surface area contributed by atoms with Gasteiger partial charge < -0.3 is 29.4 Å². The summed E-state index contributed by atoms with van der Waals surface area (Å²) >= 11 is 0. The molecule has 5 aliphatic rings. The zero-order chi connectivity index (χ0) is 50.3. The maximum Gasteiger partial charge on any atom is 0.293 e. The molecule has 72 heavy (non-hydrogen) atoms. The van der Waals surface area contributed by atoms with Gasteiger partial charge >= 0.3 is 0 Å². The van der Waals surface area contributed by atoms with Crippen LogP contribution in [0.4, 0.5) is 22.7 Å². The number of aromatic nitrogens is 6. The lowest BCUT2D eigenvalue weighted by Gasteiger charge is -2.43. The number of carbonyl (C=O) groups is 4. The highest BCUT2D eigenvalue weighted by atomic mass is 16.2. The molecule has 3 aliphatic heterocycles. The average molecular weight is 969 g/mol. The molecule has 11 rings (SSSR count). The van der Waals surface area contributed by atoms with Crippen LogP contribution >= 0.6 is 0 Å². The summed E-state index contributed by atoms with van der Waals surface area (Å²) in [6, 6.07) is 27.2. The highest BCUT2D eigenvalue weighted by Crippen LogP contribution is 2.44. The van der Waals surface area contributed by atoms with E-state index in [1.165, 1.54) is 0 Å². The molecule has 0 N–H and O–H groups in total. The molecule has 0 spiro atoms. The summed E-state index contributed by atoms with van der Waals surface area (Å²) in [7, 11) is 3.67. The smallest absolute Gasteiger partial charge is 0.293 e. The molecule has 6 aromatic rings. The molecule has 372 valence electrons. The number of rotatable bonds is 8. The van der Waals surface area contributed by atoms with E-state index in [4.69, 9.17) is 20.2 Å². The van der Waals surface area contributed by atoms with Crippen molar-refractivity contribution in [1.29, 1.82) is 0 Å². The van der Waals surface area contributed by atoms with Crippen LogP contribution in [0.15, 0.2) is 84.9 Å². The molecule has 0 radical (unpaired) electrons. The van der Waals surface area contributed by atoms with Crippen molar-refractivity contribution >= 4 is 46.4 Å². The van der Waals surface area contributed by atoms with Crippen molar-refractivity contribution in [3.05, 3.63) is 108 Å². The SMILES string of the molecule is Cc1ccc(-n2nc(C(=O)N3C[C@H](C)N(C(=O)c4nc(-c5ccc6c(c5)N(C5CCCC5)[C@H](C)C(=O)N6C)n(-c5ccc(C)cc5)n4)C[C@H]3C)nc2-c2ccc3c(c2)N(C2CCCC2)[C@H](C)C(=O)N3C)cc1. The van der Waals surface area contributed by atoms with Crippen LogP contribution in [-0.4, -0.2) is 126 Å². The van der Waals surface area contributed by atoms with Crippen molar-refractivity contribution in [1.82, 2.24) is 39.3 Å². The number of hydrogen-bond acceptors (Lipinski definition) is 10. The second-order valence-corrected chi connectivity index (χ2v) is 20.9. The van der Waals surface area contributed by atoms with Gasteiger partial charge in [0.15, 0.2) is 11.6 Å². The van der Waals surface area contributed by atoms with Gasteiger partial charge in [-0.3, -0.25) is 19.2 Å². The second kappa shape index (κ2) is 18.4. The first-order chi connectivity index (χ1) is 34.7. The molecule has 2 aromatic heterocycles. The van der Waals surface area contributed by atoms with Gasteiger partial charge in [-0.1, -0.05) is 61.1 Å². The largest absolute Gasteiger partial charge is 0.355 e. The van der Waals surface area contributed by atoms with E-state index in [9.17, 15) is 19.2 Å². The Balaban J connectivity index is 0.899. The Labute approximate surface area is 421 Å². The maximum atomic E-state index is 14.8. The summed E-state index contributed by atoms with van der Waals surface area (Å²) in [4.78, 5) is 78.2. The fourth-order valence-corrected chi connectivity index (χ4v) is 12.0. The molecule has 2 saturated carbocycles. The fourth-order valence-electron chi connectivity index (χ4n) is 12.0. The third kappa shape index (κ3) is 7.99. The maximum absolute atomic E-state index is 14.8. The molecule has 0 bridgehead atoms. The number of amides is 4. The van der Waals surface area contributed by atoms with Crippen LogP contribution < -0.4 is 19.6 Å². The Bertz CT molecular complexity index is 2890. The van der Waals surface area contributed by atoms with Crippen molar-refractivity contribution in [2.45, 2.75) is 129 Å². The minimum Gasteiger partial charge on any atom is -0.355 e. The van der Waals surface area contributed by atoms with Gasteiger partial charge in [-0.2, -0.15) is 0 Å². The van der Waals surface area contributed by atoms with Gasteiger partial charge in [0.25, 0.3) is 11.8 Å². The quantitative estimate of drug-likeness (QED) is 0.146. The highest BCUT2D eigenvalue weighted by molar-refractivity contribution is 6.07. The van der Waals surface area contributed by atoms with Crippen LogP contribution in [0, 0.1) is 13.8 Å². The minimum absolute atomic E-state index is 0.0556. The summed E-state index contributed by atoms with van der Waals surface area (Å²) in [6.07, 6.45) is 8.66. The zero-order valence-corrected chi connectivity index (χ0v) is 42.6. The topological polar surface area (TPSA) is 149 Å². The summed E-state index contributed by atoms with van der Waals surface area (Å²) in [5.41, 5.74) is 8.92. The molecule has 16 nitrogen and oxygen atoms in total. The molecular formula is C56H64N12O4. The highest BCUT2D eigenvalue weighted by Gasteiger charge is 2.42. The van der Waals surface area contributed by atoms with Crippen LogP contribution in [-0.2, 0) is 9.59 Å². The summed E-state index contributed by atoms with van der Waals surface area (Å²) in [6.45, 7) is 12.4. The van der Waals surface area contributed by atoms with Gasteiger partial charge in [0.2, 0.25) is 23.5 Å². The minimum atomic E-state index is -0.395. The monoisotopic (exact) mass is 969 g/mol. The van der Waals surface area contributed by atoms with E-state index >= 15 is 0 Å². The van der Waals surface area contributed by atoms with Crippen LogP contribution in [0.25, 0.3) is 34.2 Å². The zero-order valence-electron chi connectivity index (χ0n) is 42.6. The molecule has 1 saturated heterocycles. The standard InChI is InChI=1S/C56H64N12O4/c1-33-17-23-43(24-18-33)67-51(39-21-27-45-47(29-39)65(41-13-9-10-14-41)37(5)53(69)61(45)7)57-49(59-67)55(71)63-31-36(4)64(32-35(63)3)56(72)50-58-52(68(60-50)44-25-19-34(2)20-26-44)40-22-28-46-48(30-40)66(42-15-11-12-16-42)38(6)54(70)62(46)8/h17-30,35-38,41-42H,9-16,31-32H2,1-8H3/t35-,36+,37-,38-/m1/s1. The normalized spacial score (nSPS) is 21.8. The van der Waals surface area contributed by atoms with Crippen LogP contribution in [0.5, 0.6) is 0 Å². The number of nitrogens with zero attached hydrogens (tertiary/aromatic N) is 12. The number of anilines is 4. The first-order valence-corrected chi connectivity index (χ1v) is 25.8. The van der Waals surface area contributed by atoms with E-state index < -0.39 is 12.1 Å². The molecule has 4 aromatic carbocycles. The summed E-state index contributed by atoms with van der Waals surface area (Å²) in [5, 5.41) is 9.85. The molecule has 16 heteroatoms. The van der Waals surface area contributed by atoms with E-state index in [0.29, 0.717) is 11.6 Å². The van der Waals surface area contributed by atoms with E-state index in [0.717, 1.165) is 108 Å². The van der Waals surface area contributed by atoms with Crippen molar-refractivity contribution in [3.63, 3.8) is 0 Å². The molecule has 4 amide bonds. The Kier molecular flexibility index (Phi) is 12.0. The van der Waals surface area contributed by atoms with Crippen molar-refractivity contribution < 1.29 is 19.2 Å². The van der Waals surface area contributed by atoms with Gasteiger partial charge in [-0.05, 0) is 128 Å². The van der Waals surface area contributed by atoms with Crippen LogP contribution in [0.1, 0.15) is 111 Å². The van der Waals surface area contributed by atoms with Crippen molar-refractivity contribution in [3.8, 4) is 34.2 Å². The number of piperazine rings is 1. The molecule has 4 atom stereocenters. The van der Waals surface area contributed by atoms with Gasteiger partial charge in [-0.25, -0.2) is 19.3 Å². The van der Waals surface area contributed by atoms with E-state index in [-0.39, 0.29) is 72.5 Å². The molecule has 3 fully saturated rings. The predicted octanol–water partition coefficient (Wildman–Crippen LogP) is 8.40. The Hall–Kier alpha value is -7.36. The number of aryl methyl sites for hydroxylation is 2. The average Bonchev–Trinajstić information content (AvgIpc) is 4.25. The van der Waals surface area contributed by atoms with Crippen LogP contribution in [0.2, 0.25) is 0 Å². The number of benzene rings is 4. The molecular weight excluding hydrogens is 905 g/mol. The van der Waals surface area contributed by atoms with E-state index in [2.05, 4.69) is 21.9 Å². The Morgan fingerprint density at radius 2 is 0.861 bits per heavy atom. The molecule has 2 aliphatic carbocycles. The number of likely N-dealkylation sites (N-methyl/N-ethyl adjacent to an activating group) is 2. The third-order valence-electron chi connectivity index (χ3n) is 16.1. The summed E-state index contributed by atoms with van der Waals surface area (Å²) in [5.74, 6) is 0.625. The van der Waals surface area contributed by atoms with Gasteiger partial charge in [0.05, 0.1) is 34.1 Å². The number of fused-ring (bicyclic) bond motifs is 2. The van der Waals surface area contributed by atoms with Gasteiger partial charge in [0, 0.05) is 62.5 Å². The fraction of sp³-hybridized carbons (Fsp3) is 0.429. The van der Waals surface area contributed by atoms with E-state index in [1.807, 2.05) is 128 Å². The third-order valence-corrected chi connectivity index (χ3v) is 16.1. The lowest BCUT2D eigenvalue weighted by molar-refractivity contribution is -0.120.